The van der Waals surface area contributed by atoms with Crippen LogP contribution in [-0.2, 0) is 0 Å². The van der Waals surface area contributed by atoms with E-state index in [0.29, 0.717) is 0 Å². The van der Waals surface area contributed by atoms with E-state index >= 15 is 0 Å². The third-order valence-corrected chi connectivity index (χ3v) is 0.949. The number of anilines is 1. The van der Waals surface area contributed by atoms with E-state index in [9.17, 15) is 4.79 Å². The molecule has 1 rings (SSSR count). The third kappa shape index (κ3) is 1.04. The second-order valence-corrected chi connectivity index (χ2v) is 1.61. The Bertz CT molecular complexity index is 279. The van der Waals surface area contributed by atoms with E-state index in [2.05, 4.69) is 15.4 Å². The van der Waals surface area contributed by atoms with Crippen LogP contribution in [0.5, 0.6) is 0 Å². The van der Waals surface area contributed by atoms with E-state index in [4.69, 9.17) is 5.84 Å². The van der Waals surface area contributed by atoms with Crippen LogP contribution < -0.4 is 16.7 Å². The molecular weight excluding hydrogens is 134 g/mol. The monoisotopic (exact) mass is 141 g/mol. The summed E-state index contributed by atoms with van der Waals surface area (Å²) in [5, 5.41) is 6.11. The van der Waals surface area contributed by atoms with E-state index in [0.717, 1.165) is 11.0 Å². The third-order valence-electron chi connectivity index (χ3n) is 0.949. The van der Waals surface area contributed by atoms with E-state index in [1.54, 1.807) is 7.05 Å². The predicted octanol–water partition coefficient (Wildman–Crippen LogP) is -1.61. The molecule has 0 aliphatic rings. The highest BCUT2D eigenvalue weighted by Gasteiger charge is 1.94. The van der Waals surface area contributed by atoms with Crippen LogP contribution in [-0.4, -0.2) is 21.9 Å². The molecule has 3 N–H and O–H groups in total. The van der Waals surface area contributed by atoms with Crippen LogP contribution in [0.3, 0.4) is 0 Å². The Morgan fingerprint density at radius 2 is 2.50 bits per heavy atom. The Balaban J connectivity index is 3.22. The second kappa shape index (κ2) is 2.34. The molecule has 0 amide bonds. The van der Waals surface area contributed by atoms with Gasteiger partial charge in [0.25, 0.3) is 5.56 Å². The minimum Gasteiger partial charge on any atom is -0.356 e. The molecule has 1 aromatic rings. The van der Waals surface area contributed by atoms with Crippen LogP contribution in [0.4, 0.5) is 5.95 Å². The van der Waals surface area contributed by atoms with Gasteiger partial charge in [0.05, 0.1) is 0 Å². The van der Waals surface area contributed by atoms with Crippen molar-refractivity contribution in [3.63, 3.8) is 0 Å². The van der Waals surface area contributed by atoms with Gasteiger partial charge in [-0.3, -0.25) is 4.79 Å². The predicted molar refractivity (Wildman–Crippen MR) is 36.0 cm³/mol. The fourth-order valence-electron chi connectivity index (χ4n) is 0.521. The average molecular weight is 141 g/mol. The molecule has 0 fully saturated rings. The summed E-state index contributed by atoms with van der Waals surface area (Å²) < 4.78 is 0. The largest absolute Gasteiger partial charge is 0.356 e. The van der Waals surface area contributed by atoms with Gasteiger partial charge >= 0.3 is 0 Å². The van der Waals surface area contributed by atoms with Crippen molar-refractivity contribution in [2.75, 3.05) is 18.2 Å². The van der Waals surface area contributed by atoms with Gasteiger partial charge in [-0.1, -0.05) is 0 Å². The lowest BCUT2D eigenvalue weighted by molar-refractivity contribution is 0.765. The number of nitrogens with zero attached hydrogens (tertiary/aromatic N) is 3. The van der Waals surface area contributed by atoms with E-state index in [1.165, 1.54) is 0 Å². The molecular formula is C4H7N5O. The molecule has 0 spiro atoms. The van der Waals surface area contributed by atoms with Crippen molar-refractivity contribution in [2.45, 2.75) is 0 Å². The summed E-state index contributed by atoms with van der Waals surface area (Å²) in [6.07, 6.45) is 1.04. The molecule has 0 saturated carbocycles. The van der Waals surface area contributed by atoms with Crippen LogP contribution >= 0.6 is 0 Å². The summed E-state index contributed by atoms with van der Waals surface area (Å²) in [4.78, 5) is 15.0. The summed E-state index contributed by atoms with van der Waals surface area (Å²) in [6.45, 7) is 0. The molecule has 1 aromatic heterocycles. The van der Waals surface area contributed by atoms with Gasteiger partial charge in [0.2, 0.25) is 5.95 Å². The minimum atomic E-state index is -0.411. The molecule has 54 valence electrons. The van der Waals surface area contributed by atoms with E-state index in [1.807, 2.05) is 0 Å². The topological polar surface area (TPSA) is 85.8 Å². The number of nitrogens with one attached hydrogen (secondary N) is 1. The maximum absolute atomic E-state index is 10.5. The van der Waals surface area contributed by atoms with Crippen molar-refractivity contribution in [3.05, 3.63) is 16.6 Å². The highest BCUT2D eigenvalue weighted by molar-refractivity contribution is 5.20. The molecule has 0 aliphatic carbocycles. The lowest BCUT2D eigenvalue weighted by atomic mass is 10.8. The number of hydrogen-bond acceptors (Lipinski definition) is 5. The lowest BCUT2D eigenvalue weighted by Gasteiger charge is -2.01. The van der Waals surface area contributed by atoms with Gasteiger partial charge < -0.3 is 11.2 Å². The molecule has 10 heavy (non-hydrogen) atoms. The Morgan fingerprint density at radius 3 is 3.00 bits per heavy atom. The summed E-state index contributed by atoms with van der Waals surface area (Å²) in [5.74, 6) is 5.48. The fraction of sp³-hybridized carbons (Fsp3) is 0.250. The zero-order chi connectivity index (χ0) is 7.56. The normalized spacial score (nSPS) is 9.30. The second-order valence-electron chi connectivity index (χ2n) is 1.61. The van der Waals surface area contributed by atoms with Crippen molar-refractivity contribution < 1.29 is 0 Å². The van der Waals surface area contributed by atoms with Crippen LogP contribution in [0.15, 0.2) is 11.0 Å². The van der Waals surface area contributed by atoms with Gasteiger partial charge in [0, 0.05) is 7.05 Å². The van der Waals surface area contributed by atoms with Gasteiger partial charge in [-0.15, -0.1) is 4.79 Å². The summed E-state index contributed by atoms with van der Waals surface area (Å²) in [7, 11) is 1.60. The SMILES string of the molecule is CNc1nc(=O)cnn1N. The van der Waals surface area contributed by atoms with Gasteiger partial charge in [0.15, 0.2) is 0 Å². The Labute approximate surface area is 56.7 Å². The van der Waals surface area contributed by atoms with Gasteiger partial charge in [-0.25, -0.2) is 0 Å². The summed E-state index contributed by atoms with van der Waals surface area (Å²) in [5.41, 5.74) is -0.411. The smallest absolute Gasteiger partial charge is 0.293 e. The molecule has 6 nitrogen and oxygen atoms in total. The van der Waals surface area contributed by atoms with Crippen molar-refractivity contribution in [2.24, 2.45) is 0 Å². The van der Waals surface area contributed by atoms with Crippen molar-refractivity contribution in [3.8, 4) is 0 Å². The Hall–Kier alpha value is -1.59. The molecule has 6 heteroatoms. The molecule has 0 atom stereocenters. The zero-order valence-electron chi connectivity index (χ0n) is 5.40. The molecule has 0 radical (unpaired) electrons. The highest BCUT2D eigenvalue weighted by atomic mass is 16.1. The summed E-state index contributed by atoms with van der Waals surface area (Å²) in [6, 6.07) is 0. The number of rotatable bonds is 1. The van der Waals surface area contributed by atoms with Crippen LogP contribution in [0, 0.1) is 0 Å². The first-order chi connectivity index (χ1) is 4.74. The van der Waals surface area contributed by atoms with Crippen LogP contribution in [0.25, 0.3) is 0 Å². The lowest BCUT2D eigenvalue weighted by Crippen LogP contribution is -2.23. The molecule has 0 aromatic carbocycles. The minimum absolute atomic E-state index is 0.243. The zero-order valence-corrected chi connectivity index (χ0v) is 5.40. The maximum atomic E-state index is 10.5. The Kier molecular flexibility index (Phi) is 1.53. The summed E-state index contributed by atoms with van der Waals surface area (Å²) >= 11 is 0. The molecule has 0 saturated heterocycles. The molecule has 0 aliphatic heterocycles. The highest BCUT2D eigenvalue weighted by Crippen LogP contribution is 1.86. The van der Waals surface area contributed by atoms with Crippen molar-refractivity contribution in [1.29, 1.82) is 0 Å². The molecule has 0 unspecified atom stereocenters. The first kappa shape index (κ1) is 6.53. The standard InChI is InChI=1S/C4H7N5O/c1-6-4-8-3(10)2-7-9(4)5/h2H,5H2,1H3,(H,6,8,10). The average Bonchev–Trinajstić information content (AvgIpc) is 1.94. The van der Waals surface area contributed by atoms with Gasteiger partial charge in [-0.05, 0) is 0 Å². The quantitative estimate of drug-likeness (QED) is 0.460. The number of hydrogen-bond donors (Lipinski definition) is 2. The first-order valence-electron chi connectivity index (χ1n) is 2.63. The van der Waals surface area contributed by atoms with Crippen molar-refractivity contribution in [1.82, 2.24) is 14.9 Å². The molecule has 1 heterocycles. The van der Waals surface area contributed by atoms with E-state index < -0.39 is 5.56 Å². The number of aromatic nitrogens is 3. The Morgan fingerprint density at radius 1 is 1.80 bits per heavy atom. The van der Waals surface area contributed by atoms with Crippen LogP contribution in [0.1, 0.15) is 0 Å². The number of nitrogen functional groups attached to an aromatic ring is 1. The maximum Gasteiger partial charge on any atom is 0.293 e. The number of nitrogens with two attached hydrogens (primary N) is 1. The first-order valence-corrected chi connectivity index (χ1v) is 2.63. The van der Waals surface area contributed by atoms with Crippen molar-refractivity contribution >= 4 is 5.95 Å². The molecule has 0 bridgehead atoms. The van der Waals surface area contributed by atoms with Gasteiger partial charge in [0.1, 0.15) is 6.20 Å². The van der Waals surface area contributed by atoms with Gasteiger partial charge in [-0.2, -0.15) is 10.1 Å². The van der Waals surface area contributed by atoms with E-state index in [-0.39, 0.29) is 5.95 Å². The van der Waals surface area contributed by atoms with Crippen LogP contribution in [0.2, 0.25) is 0 Å². The fourth-order valence-corrected chi connectivity index (χ4v) is 0.521.